The van der Waals surface area contributed by atoms with Gasteiger partial charge in [-0.15, -0.1) is 0 Å². The lowest BCUT2D eigenvalue weighted by atomic mass is 10.1. The number of methoxy groups -OCH3 is 1. The van der Waals surface area contributed by atoms with Crippen LogP contribution < -0.4 is 4.74 Å². The fourth-order valence-electron chi connectivity index (χ4n) is 1.96. The molecule has 0 saturated carbocycles. The average Bonchev–Trinajstić information content (AvgIpc) is 2.66. The highest BCUT2D eigenvalue weighted by atomic mass is 16.5. The van der Waals surface area contributed by atoms with Crippen LogP contribution in [0.4, 0.5) is 0 Å². The zero-order chi connectivity index (χ0) is 10.8. The number of benzene rings is 1. The van der Waals surface area contributed by atoms with E-state index in [1.807, 2.05) is 24.4 Å². The number of hydrogen-bond acceptors (Lipinski definition) is 2. The van der Waals surface area contributed by atoms with E-state index in [2.05, 4.69) is 11.5 Å². The van der Waals surface area contributed by atoms with Crippen LogP contribution in [0, 0.1) is 0 Å². The number of hydrogen-bond donors (Lipinski definition) is 1. The van der Waals surface area contributed by atoms with Crippen LogP contribution in [0.15, 0.2) is 24.4 Å². The molecule has 1 heterocycles. The molecule has 0 saturated heterocycles. The van der Waals surface area contributed by atoms with E-state index >= 15 is 0 Å². The molecular formula is C12H15NO2. The van der Waals surface area contributed by atoms with Crippen LogP contribution in [-0.2, 0) is 13.2 Å². The summed E-state index contributed by atoms with van der Waals surface area (Å²) in [4.78, 5) is 0. The molecule has 1 aromatic heterocycles. The van der Waals surface area contributed by atoms with Crippen LogP contribution in [0.1, 0.15) is 12.5 Å². The van der Waals surface area contributed by atoms with Gasteiger partial charge in [0.25, 0.3) is 0 Å². The maximum absolute atomic E-state index is 9.30. The van der Waals surface area contributed by atoms with Crippen molar-refractivity contribution in [3.05, 3.63) is 30.0 Å². The lowest BCUT2D eigenvalue weighted by Gasteiger charge is -2.04. The molecule has 15 heavy (non-hydrogen) atoms. The average molecular weight is 205 g/mol. The summed E-state index contributed by atoms with van der Waals surface area (Å²) in [5.74, 6) is 0.823. The first kappa shape index (κ1) is 10.1. The van der Waals surface area contributed by atoms with Gasteiger partial charge in [0.2, 0.25) is 0 Å². The van der Waals surface area contributed by atoms with Gasteiger partial charge in [-0.3, -0.25) is 0 Å². The van der Waals surface area contributed by atoms with Gasteiger partial charge >= 0.3 is 0 Å². The van der Waals surface area contributed by atoms with Crippen molar-refractivity contribution in [2.45, 2.75) is 20.1 Å². The molecule has 0 spiro atoms. The van der Waals surface area contributed by atoms with Crippen LogP contribution in [0.5, 0.6) is 5.75 Å². The van der Waals surface area contributed by atoms with E-state index in [0.717, 1.165) is 28.8 Å². The molecule has 1 N–H and O–H groups in total. The summed E-state index contributed by atoms with van der Waals surface area (Å²) in [6.45, 7) is 3.02. The Bertz CT molecular complexity index is 474. The predicted molar refractivity (Wildman–Crippen MR) is 60.1 cm³/mol. The SMILES string of the molecule is CCn1cc(CO)c2c(OC)cccc21. The second kappa shape index (κ2) is 3.95. The molecule has 2 aromatic rings. The molecule has 2 rings (SSSR count). The number of aryl methyl sites for hydroxylation is 1. The molecule has 0 bridgehead atoms. The Kier molecular flexibility index (Phi) is 2.64. The first-order valence-electron chi connectivity index (χ1n) is 5.07. The predicted octanol–water partition coefficient (Wildman–Crippen LogP) is 2.16. The summed E-state index contributed by atoms with van der Waals surface area (Å²) in [7, 11) is 1.65. The van der Waals surface area contributed by atoms with Crippen molar-refractivity contribution in [2.24, 2.45) is 0 Å². The van der Waals surface area contributed by atoms with Crippen molar-refractivity contribution in [3.8, 4) is 5.75 Å². The third-order valence-electron chi connectivity index (χ3n) is 2.68. The van der Waals surface area contributed by atoms with Crippen molar-refractivity contribution in [2.75, 3.05) is 7.11 Å². The number of ether oxygens (including phenoxy) is 1. The van der Waals surface area contributed by atoms with Crippen molar-refractivity contribution >= 4 is 10.9 Å². The molecule has 0 fully saturated rings. The third kappa shape index (κ3) is 1.49. The van der Waals surface area contributed by atoms with Crippen LogP contribution in [0.3, 0.4) is 0 Å². The van der Waals surface area contributed by atoms with E-state index in [9.17, 15) is 5.11 Å². The first-order chi connectivity index (χ1) is 7.31. The molecule has 0 radical (unpaired) electrons. The molecule has 80 valence electrons. The summed E-state index contributed by atoms with van der Waals surface area (Å²) >= 11 is 0. The molecule has 0 atom stereocenters. The van der Waals surface area contributed by atoms with Crippen LogP contribution >= 0.6 is 0 Å². The van der Waals surface area contributed by atoms with E-state index in [0.29, 0.717) is 0 Å². The Morgan fingerprint density at radius 2 is 2.20 bits per heavy atom. The molecule has 0 unspecified atom stereocenters. The molecule has 3 nitrogen and oxygen atoms in total. The summed E-state index contributed by atoms with van der Waals surface area (Å²) in [6, 6.07) is 5.93. The first-order valence-corrected chi connectivity index (χ1v) is 5.07. The zero-order valence-electron chi connectivity index (χ0n) is 9.03. The standard InChI is InChI=1S/C12H15NO2/c1-3-13-7-9(8-14)12-10(13)5-4-6-11(12)15-2/h4-7,14H,3,8H2,1-2H3. The van der Waals surface area contributed by atoms with Gasteiger partial charge in [-0.2, -0.15) is 0 Å². The molecule has 0 amide bonds. The normalized spacial score (nSPS) is 10.9. The fourth-order valence-corrected chi connectivity index (χ4v) is 1.96. The van der Waals surface area contributed by atoms with Gasteiger partial charge in [0.15, 0.2) is 0 Å². The second-order valence-electron chi connectivity index (χ2n) is 3.45. The minimum Gasteiger partial charge on any atom is -0.496 e. The Balaban J connectivity index is 2.78. The minimum absolute atomic E-state index is 0.0455. The van der Waals surface area contributed by atoms with Crippen LogP contribution in [0.25, 0.3) is 10.9 Å². The fraction of sp³-hybridized carbons (Fsp3) is 0.333. The highest BCUT2D eigenvalue weighted by Crippen LogP contribution is 2.30. The van der Waals surface area contributed by atoms with Crippen molar-refractivity contribution in [1.82, 2.24) is 4.57 Å². The van der Waals surface area contributed by atoms with E-state index in [1.165, 1.54) is 0 Å². The highest BCUT2D eigenvalue weighted by molar-refractivity contribution is 5.89. The van der Waals surface area contributed by atoms with E-state index in [4.69, 9.17) is 4.74 Å². The number of rotatable bonds is 3. The van der Waals surface area contributed by atoms with E-state index in [1.54, 1.807) is 7.11 Å². The van der Waals surface area contributed by atoms with Gasteiger partial charge in [0.05, 0.1) is 19.2 Å². The quantitative estimate of drug-likeness (QED) is 0.833. The maximum atomic E-state index is 9.30. The molecule has 1 aromatic carbocycles. The van der Waals surface area contributed by atoms with Gasteiger partial charge in [-0.1, -0.05) is 6.07 Å². The smallest absolute Gasteiger partial charge is 0.128 e. The van der Waals surface area contributed by atoms with Crippen molar-refractivity contribution in [3.63, 3.8) is 0 Å². The lowest BCUT2D eigenvalue weighted by molar-refractivity contribution is 0.282. The Morgan fingerprint density at radius 1 is 1.40 bits per heavy atom. The second-order valence-corrected chi connectivity index (χ2v) is 3.45. The largest absolute Gasteiger partial charge is 0.496 e. The maximum Gasteiger partial charge on any atom is 0.128 e. The highest BCUT2D eigenvalue weighted by Gasteiger charge is 2.10. The third-order valence-corrected chi connectivity index (χ3v) is 2.68. The van der Waals surface area contributed by atoms with Gasteiger partial charge in [-0.05, 0) is 19.1 Å². The number of nitrogens with zero attached hydrogens (tertiary/aromatic N) is 1. The zero-order valence-corrected chi connectivity index (χ0v) is 9.03. The Labute approximate surface area is 88.9 Å². The Hall–Kier alpha value is -1.48. The monoisotopic (exact) mass is 205 g/mol. The molecule has 0 aliphatic heterocycles. The minimum atomic E-state index is 0.0455. The van der Waals surface area contributed by atoms with E-state index in [-0.39, 0.29) is 6.61 Å². The van der Waals surface area contributed by atoms with E-state index < -0.39 is 0 Å². The Morgan fingerprint density at radius 3 is 2.80 bits per heavy atom. The van der Waals surface area contributed by atoms with Gasteiger partial charge in [-0.25, -0.2) is 0 Å². The lowest BCUT2D eigenvalue weighted by Crippen LogP contribution is -1.90. The van der Waals surface area contributed by atoms with Gasteiger partial charge in [0.1, 0.15) is 5.75 Å². The summed E-state index contributed by atoms with van der Waals surface area (Å²) in [6.07, 6.45) is 1.98. The van der Waals surface area contributed by atoms with Crippen molar-refractivity contribution < 1.29 is 9.84 Å². The topological polar surface area (TPSA) is 34.4 Å². The summed E-state index contributed by atoms with van der Waals surface area (Å²) in [5, 5.41) is 10.3. The molecule has 0 aliphatic rings. The van der Waals surface area contributed by atoms with Crippen LogP contribution in [-0.4, -0.2) is 16.8 Å². The summed E-state index contributed by atoms with van der Waals surface area (Å²) in [5.41, 5.74) is 2.03. The number of fused-ring (bicyclic) bond motifs is 1. The summed E-state index contributed by atoms with van der Waals surface area (Å²) < 4.78 is 7.42. The van der Waals surface area contributed by atoms with Gasteiger partial charge in [0, 0.05) is 23.7 Å². The molecular weight excluding hydrogens is 190 g/mol. The number of aliphatic hydroxyl groups is 1. The number of aromatic nitrogens is 1. The number of aliphatic hydroxyl groups excluding tert-OH is 1. The molecule has 3 heteroatoms. The van der Waals surface area contributed by atoms with Crippen molar-refractivity contribution in [1.29, 1.82) is 0 Å². The van der Waals surface area contributed by atoms with Crippen LogP contribution in [0.2, 0.25) is 0 Å². The van der Waals surface area contributed by atoms with Gasteiger partial charge < -0.3 is 14.4 Å². The molecule has 0 aliphatic carbocycles.